The van der Waals surface area contributed by atoms with Gasteiger partial charge >= 0.3 is 5.69 Å². The van der Waals surface area contributed by atoms with Crippen molar-refractivity contribution >= 4 is 23.3 Å². The molecule has 1 spiro atoms. The first-order valence-corrected chi connectivity index (χ1v) is 8.36. The molecule has 0 radical (unpaired) electrons. The Hall–Kier alpha value is -2.34. The van der Waals surface area contributed by atoms with E-state index in [1.807, 2.05) is 35.2 Å². The van der Waals surface area contributed by atoms with Gasteiger partial charge in [-0.3, -0.25) is 9.36 Å². The number of hydrogen-bond donors (Lipinski definition) is 0. The minimum absolute atomic E-state index is 0.0989. The molecule has 7 heteroatoms. The summed E-state index contributed by atoms with van der Waals surface area (Å²) in [4.78, 5) is 33.1. The molecule has 1 aromatic heterocycles. The number of hydrogen-bond acceptors (Lipinski definition) is 4. The maximum Gasteiger partial charge on any atom is 0.350 e. The number of likely N-dealkylation sites (tertiary alicyclic amines) is 1. The largest absolute Gasteiger partial charge is 0.350 e. The first-order valence-electron chi connectivity index (χ1n) is 7.98. The van der Waals surface area contributed by atoms with E-state index >= 15 is 0 Å². The van der Waals surface area contributed by atoms with E-state index < -0.39 is 5.54 Å². The van der Waals surface area contributed by atoms with Crippen LogP contribution in [0.2, 0.25) is 5.15 Å². The molecule has 0 unspecified atom stereocenters. The van der Waals surface area contributed by atoms with E-state index in [1.54, 1.807) is 10.6 Å². The average Bonchev–Trinajstić information content (AvgIpc) is 3.16. The number of aromatic nitrogens is 2. The minimum Gasteiger partial charge on any atom is -0.339 e. The van der Waals surface area contributed by atoms with Crippen molar-refractivity contribution < 1.29 is 4.79 Å². The molecule has 2 atom stereocenters. The highest BCUT2D eigenvalue weighted by atomic mass is 35.5. The van der Waals surface area contributed by atoms with Crippen LogP contribution in [0.15, 0.2) is 41.2 Å². The normalized spacial score (nSPS) is 26.9. The number of piperazine rings is 1. The zero-order valence-electron chi connectivity index (χ0n) is 12.9. The Morgan fingerprint density at radius 3 is 2.83 bits per heavy atom. The molecule has 5 rings (SSSR count). The summed E-state index contributed by atoms with van der Waals surface area (Å²) in [6, 6.07) is 11.9. The molecule has 6 nitrogen and oxygen atoms in total. The molecule has 0 N–H and O–H groups in total. The van der Waals surface area contributed by atoms with E-state index in [0.29, 0.717) is 13.1 Å². The van der Waals surface area contributed by atoms with Crippen molar-refractivity contribution in [2.75, 3.05) is 11.4 Å². The van der Waals surface area contributed by atoms with Crippen molar-refractivity contribution in [1.29, 1.82) is 0 Å². The molecule has 2 fully saturated rings. The molecule has 122 valence electrons. The van der Waals surface area contributed by atoms with Crippen molar-refractivity contribution in [3.63, 3.8) is 0 Å². The van der Waals surface area contributed by atoms with E-state index in [9.17, 15) is 9.59 Å². The van der Waals surface area contributed by atoms with Crippen LogP contribution in [0.4, 0.5) is 5.82 Å². The van der Waals surface area contributed by atoms with Crippen molar-refractivity contribution in [2.24, 2.45) is 0 Å². The molecule has 24 heavy (non-hydrogen) atoms. The van der Waals surface area contributed by atoms with Crippen LogP contribution in [0.25, 0.3) is 0 Å². The lowest BCUT2D eigenvalue weighted by Gasteiger charge is -2.37. The number of halogens is 1. The zero-order chi connectivity index (χ0) is 16.5. The van der Waals surface area contributed by atoms with Crippen LogP contribution >= 0.6 is 11.6 Å². The lowest BCUT2D eigenvalue weighted by atomic mass is 9.99. The fourth-order valence-corrected chi connectivity index (χ4v) is 4.58. The predicted octanol–water partition coefficient (Wildman–Crippen LogP) is 1.27. The summed E-state index contributed by atoms with van der Waals surface area (Å²) in [5.74, 6) is 0.817. The number of amides is 1. The third-order valence-corrected chi connectivity index (χ3v) is 5.63. The van der Waals surface area contributed by atoms with Gasteiger partial charge in [-0.25, -0.2) is 4.79 Å². The predicted molar refractivity (Wildman–Crippen MR) is 89.0 cm³/mol. The molecule has 3 aliphatic heterocycles. The number of rotatable bonds is 2. The molecule has 1 aromatic carbocycles. The third kappa shape index (κ3) is 1.69. The van der Waals surface area contributed by atoms with Gasteiger partial charge in [0, 0.05) is 25.6 Å². The maximum absolute atomic E-state index is 13.2. The van der Waals surface area contributed by atoms with Gasteiger partial charge in [0.05, 0.1) is 12.6 Å². The summed E-state index contributed by atoms with van der Waals surface area (Å²) in [6.45, 7) is 1.72. The van der Waals surface area contributed by atoms with Gasteiger partial charge in [-0.2, -0.15) is 4.98 Å². The van der Waals surface area contributed by atoms with Gasteiger partial charge in [0.2, 0.25) is 0 Å². The Kier molecular flexibility index (Phi) is 2.69. The second-order valence-electron chi connectivity index (χ2n) is 6.72. The second-order valence-corrected chi connectivity index (χ2v) is 7.11. The number of fused-ring (bicyclic) bond motifs is 3. The lowest BCUT2D eigenvalue weighted by Crippen LogP contribution is -2.56. The molecule has 3 aliphatic rings. The Morgan fingerprint density at radius 2 is 2.04 bits per heavy atom. The van der Waals surface area contributed by atoms with Gasteiger partial charge in [0.25, 0.3) is 5.91 Å². The van der Waals surface area contributed by atoms with E-state index in [-0.39, 0.29) is 22.8 Å². The van der Waals surface area contributed by atoms with Gasteiger partial charge in [0.15, 0.2) is 0 Å². The van der Waals surface area contributed by atoms with Gasteiger partial charge in [-0.1, -0.05) is 41.9 Å². The zero-order valence-corrected chi connectivity index (χ0v) is 13.6. The first kappa shape index (κ1) is 14.0. The quantitative estimate of drug-likeness (QED) is 0.771. The standard InChI is InChI=1S/C17H15ClN4O2/c18-13-6-14-21(16(24)19-13)10-17-7-12(9-22(14)17)20(15(17)23)8-11-4-2-1-3-5-11/h1-6,12H,7-10H2/t12-,17+/m0/s1. The van der Waals surface area contributed by atoms with Gasteiger partial charge in [-0.05, 0) is 5.56 Å². The minimum atomic E-state index is -0.641. The van der Waals surface area contributed by atoms with Crippen LogP contribution in [-0.4, -0.2) is 38.5 Å². The lowest BCUT2D eigenvalue weighted by molar-refractivity contribution is -0.135. The topological polar surface area (TPSA) is 58.4 Å². The van der Waals surface area contributed by atoms with Crippen molar-refractivity contribution in [3.05, 3.63) is 57.6 Å². The number of benzene rings is 1. The van der Waals surface area contributed by atoms with Crippen molar-refractivity contribution in [3.8, 4) is 0 Å². The van der Waals surface area contributed by atoms with Crippen molar-refractivity contribution in [1.82, 2.24) is 14.5 Å². The van der Waals surface area contributed by atoms with E-state index in [4.69, 9.17) is 11.6 Å². The summed E-state index contributed by atoms with van der Waals surface area (Å²) in [5, 5.41) is 0.180. The van der Waals surface area contributed by atoms with Crippen molar-refractivity contribution in [2.45, 2.75) is 31.1 Å². The number of nitrogens with zero attached hydrogens (tertiary/aromatic N) is 4. The molecular weight excluding hydrogens is 328 g/mol. The number of anilines is 1. The molecular formula is C17H15ClN4O2. The molecule has 1 amide bonds. The molecule has 2 saturated heterocycles. The van der Waals surface area contributed by atoms with E-state index in [2.05, 4.69) is 9.88 Å². The first-order chi connectivity index (χ1) is 11.6. The molecule has 4 heterocycles. The number of carbonyl (C=O) groups is 1. The van der Waals surface area contributed by atoms with E-state index in [1.165, 1.54) is 0 Å². The second kappa shape index (κ2) is 4.60. The third-order valence-electron chi connectivity index (χ3n) is 5.43. The fraction of sp³-hybridized carbons (Fsp3) is 0.353. The molecule has 2 aromatic rings. The fourth-order valence-electron chi connectivity index (χ4n) is 4.41. The molecule has 0 aliphatic carbocycles. The Bertz CT molecular complexity index is 913. The number of carbonyl (C=O) groups excluding carboxylic acids is 1. The molecule has 2 bridgehead atoms. The summed E-state index contributed by atoms with van der Waals surface area (Å²) < 4.78 is 1.58. The highest BCUT2D eigenvalue weighted by Gasteiger charge is 2.64. The van der Waals surface area contributed by atoms with E-state index in [0.717, 1.165) is 24.3 Å². The highest BCUT2D eigenvalue weighted by molar-refractivity contribution is 6.29. The monoisotopic (exact) mass is 342 g/mol. The Morgan fingerprint density at radius 1 is 1.25 bits per heavy atom. The van der Waals surface area contributed by atoms with Crippen LogP contribution in [0.5, 0.6) is 0 Å². The smallest absolute Gasteiger partial charge is 0.339 e. The summed E-state index contributed by atoms with van der Waals surface area (Å²) in [6.07, 6.45) is 0.747. The molecule has 0 saturated carbocycles. The summed E-state index contributed by atoms with van der Waals surface area (Å²) >= 11 is 5.94. The van der Waals surface area contributed by atoms with Gasteiger partial charge < -0.3 is 9.80 Å². The van der Waals surface area contributed by atoms with Crippen LogP contribution < -0.4 is 10.6 Å². The van der Waals surface area contributed by atoms with Gasteiger partial charge in [-0.15, -0.1) is 0 Å². The van der Waals surface area contributed by atoms with Crippen LogP contribution in [0, 0.1) is 0 Å². The van der Waals surface area contributed by atoms with Crippen LogP contribution in [0.1, 0.15) is 12.0 Å². The van der Waals surface area contributed by atoms with Crippen LogP contribution in [0.3, 0.4) is 0 Å². The SMILES string of the molecule is O=C1N(Cc2ccccc2)[C@@H]2CN3c4cc(Cl)nc(=O)n4C[C@]13C2. The highest BCUT2D eigenvalue weighted by Crippen LogP contribution is 2.48. The summed E-state index contributed by atoms with van der Waals surface area (Å²) in [5.41, 5.74) is 0.101. The maximum atomic E-state index is 13.2. The van der Waals surface area contributed by atoms with Gasteiger partial charge in [0.1, 0.15) is 16.5 Å². The summed E-state index contributed by atoms with van der Waals surface area (Å²) in [7, 11) is 0. The Labute approximate surface area is 143 Å². The van der Waals surface area contributed by atoms with Crippen LogP contribution in [-0.2, 0) is 17.9 Å². The Balaban J connectivity index is 1.51. The average molecular weight is 343 g/mol.